The Hall–Kier alpha value is -2.47. The van der Waals surface area contributed by atoms with Gasteiger partial charge in [-0.1, -0.05) is 84.8 Å². The van der Waals surface area contributed by atoms with E-state index >= 15 is 0 Å². The Morgan fingerprint density at radius 3 is 2.24 bits per heavy atom. The third-order valence-corrected chi connectivity index (χ3v) is 9.06. The van der Waals surface area contributed by atoms with Gasteiger partial charge in [-0.15, -0.1) is 0 Å². The Morgan fingerprint density at radius 1 is 0.882 bits per heavy atom. The largest absolute Gasteiger partial charge is 0.298 e. The molecule has 1 heterocycles. The van der Waals surface area contributed by atoms with Gasteiger partial charge in [0, 0.05) is 13.1 Å². The van der Waals surface area contributed by atoms with E-state index in [0.717, 1.165) is 43.5 Å². The Bertz CT molecular complexity index is 1200. The molecule has 0 radical (unpaired) electrons. The third-order valence-electron chi connectivity index (χ3n) is 7.77. The third kappa shape index (κ3) is 4.57. The summed E-state index contributed by atoms with van der Waals surface area (Å²) in [5.74, 6) is 0.481. The first kappa shape index (κ1) is 23.3. The van der Waals surface area contributed by atoms with Crippen LogP contribution >= 0.6 is 0 Å². The van der Waals surface area contributed by atoms with Crippen LogP contribution in [0.25, 0.3) is 0 Å². The molecule has 4 nitrogen and oxygen atoms in total. The second kappa shape index (κ2) is 9.65. The quantitative estimate of drug-likeness (QED) is 0.396. The van der Waals surface area contributed by atoms with Crippen molar-refractivity contribution < 1.29 is 12.6 Å². The fourth-order valence-electron chi connectivity index (χ4n) is 6.04. The normalized spacial score (nSPS) is 24.3. The number of rotatable bonds is 6. The molecule has 1 aliphatic heterocycles. The Balaban J connectivity index is 1.47. The van der Waals surface area contributed by atoms with E-state index in [1.165, 1.54) is 18.4 Å². The summed E-state index contributed by atoms with van der Waals surface area (Å²) in [6.07, 6.45) is 5.09. The molecule has 34 heavy (non-hydrogen) atoms. The first-order valence-electron chi connectivity index (χ1n) is 12.3. The maximum atomic E-state index is 13.3. The van der Waals surface area contributed by atoms with Crippen molar-refractivity contribution in [1.82, 2.24) is 4.90 Å². The first-order chi connectivity index (χ1) is 16.5. The highest BCUT2D eigenvalue weighted by Crippen LogP contribution is 2.51. The maximum absolute atomic E-state index is 13.3. The minimum absolute atomic E-state index is 0.174. The van der Waals surface area contributed by atoms with E-state index < -0.39 is 16.3 Å². The van der Waals surface area contributed by atoms with Crippen molar-refractivity contribution in [2.45, 2.75) is 55.6 Å². The monoisotopic (exact) mass is 475 g/mol. The molecular weight excluding hydrogens is 442 g/mol. The molecule has 178 valence electrons. The van der Waals surface area contributed by atoms with E-state index in [2.05, 4.69) is 35.2 Å². The molecular formula is C29H33NO3S. The van der Waals surface area contributed by atoms with Crippen molar-refractivity contribution in [3.05, 3.63) is 102 Å². The minimum atomic E-state index is -3.92. The molecule has 0 spiro atoms. The molecule has 0 amide bonds. The number of fused-ring (bicyclic) bond motifs is 1. The summed E-state index contributed by atoms with van der Waals surface area (Å²) in [5, 5.41) is 0. The molecule has 1 saturated carbocycles. The van der Waals surface area contributed by atoms with Gasteiger partial charge in [-0.2, -0.15) is 8.42 Å². The zero-order valence-corrected chi connectivity index (χ0v) is 20.6. The second-order valence-corrected chi connectivity index (χ2v) is 11.4. The van der Waals surface area contributed by atoms with Gasteiger partial charge in [-0.05, 0) is 67.2 Å². The molecule has 3 unspecified atom stereocenters. The second-order valence-electron chi connectivity index (χ2n) is 9.84. The molecule has 0 N–H and O–H groups in total. The predicted octanol–water partition coefficient (Wildman–Crippen LogP) is 6.23. The average molecular weight is 476 g/mol. The molecule has 5 heteroatoms. The van der Waals surface area contributed by atoms with Crippen LogP contribution in [0.3, 0.4) is 0 Å². The number of hydrogen-bond donors (Lipinski definition) is 0. The number of likely N-dealkylation sites (tertiary alicyclic amines) is 1. The topological polar surface area (TPSA) is 46.6 Å². The van der Waals surface area contributed by atoms with Crippen LogP contribution in [0.15, 0.2) is 89.8 Å². The predicted molar refractivity (Wildman–Crippen MR) is 135 cm³/mol. The van der Waals surface area contributed by atoms with Crippen LogP contribution in [0.5, 0.6) is 0 Å². The van der Waals surface area contributed by atoms with Gasteiger partial charge >= 0.3 is 0 Å². The van der Waals surface area contributed by atoms with Gasteiger partial charge in [0.05, 0.1) is 4.90 Å². The fourth-order valence-corrected chi connectivity index (χ4v) is 7.10. The summed E-state index contributed by atoms with van der Waals surface area (Å²) < 4.78 is 32.7. The highest BCUT2D eigenvalue weighted by atomic mass is 32.2. The van der Waals surface area contributed by atoms with E-state index in [1.807, 2.05) is 49.4 Å². The molecule has 0 bridgehead atoms. The van der Waals surface area contributed by atoms with Crippen molar-refractivity contribution in [3.8, 4) is 0 Å². The maximum Gasteiger partial charge on any atom is 0.298 e. The zero-order chi connectivity index (χ0) is 23.6. The van der Waals surface area contributed by atoms with Crippen molar-refractivity contribution in [2.75, 3.05) is 13.1 Å². The fraction of sp³-hybridized carbons (Fsp3) is 0.379. The van der Waals surface area contributed by atoms with E-state index in [1.54, 1.807) is 12.1 Å². The number of benzene rings is 3. The van der Waals surface area contributed by atoms with Crippen LogP contribution in [0.2, 0.25) is 0 Å². The van der Waals surface area contributed by atoms with Gasteiger partial charge in [0.2, 0.25) is 0 Å². The minimum Gasteiger partial charge on any atom is -0.273 e. The van der Waals surface area contributed by atoms with Gasteiger partial charge in [-0.25, -0.2) is 4.18 Å². The highest BCUT2D eigenvalue weighted by molar-refractivity contribution is 7.86. The lowest BCUT2D eigenvalue weighted by atomic mass is 9.70. The van der Waals surface area contributed by atoms with Gasteiger partial charge in [0.15, 0.2) is 6.23 Å². The van der Waals surface area contributed by atoms with E-state index in [4.69, 9.17) is 4.18 Å². The molecule has 3 aromatic rings. The van der Waals surface area contributed by atoms with Crippen LogP contribution < -0.4 is 0 Å². The molecule has 1 saturated heterocycles. The van der Waals surface area contributed by atoms with Crippen LogP contribution in [0.4, 0.5) is 0 Å². The first-order valence-corrected chi connectivity index (χ1v) is 13.7. The molecule has 0 aromatic heterocycles. The van der Waals surface area contributed by atoms with Crippen molar-refractivity contribution in [1.29, 1.82) is 0 Å². The zero-order valence-electron chi connectivity index (χ0n) is 19.8. The summed E-state index contributed by atoms with van der Waals surface area (Å²) in [5.41, 5.74) is 3.50. The van der Waals surface area contributed by atoms with E-state index in [-0.39, 0.29) is 10.3 Å². The Morgan fingerprint density at radius 2 is 1.53 bits per heavy atom. The Labute approximate surface area is 203 Å². The number of hydrogen-bond acceptors (Lipinski definition) is 4. The number of nitrogens with zero attached hydrogens (tertiary/aromatic N) is 1. The van der Waals surface area contributed by atoms with Gasteiger partial charge in [0.25, 0.3) is 10.1 Å². The molecule has 2 fully saturated rings. The SMILES string of the molecule is Cc1ccc(S(=O)(=O)OC(c2ccccc2)N2CCCC3(c4ccccc4)CCCC3C2)cc1. The smallest absolute Gasteiger partial charge is 0.273 e. The molecule has 5 rings (SSSR count). The highest BCUT2D eigenvalue weighted by Gasteiger charge is 2.47. The lowest BCUT2D eigenvalue weighted by molar-refractivity contribution is 0.0200. The average Bonchev–Trinajstić information content (AvgIpc) is 3.17. The van der Waals surface area contributed by atoms with Crippen LogP contribution in [0.1, 0.15) is 55.0 Å². The van der Waals surface area contributed by atoms with Crippen LogP contribution in [-0.4, -0.2) is 26.4 Å². The summed E-state index contributed by atoms with van der Waals surface area (Å²) >= 11 is 0. The molecule has 2 aliphatic rings. The number of aryl methyl sites for hydroxylation is 1. The van der Waals surface area contributed by atoms with Crippen molar-refractivity contribution in [2.24, 2.45) is 5.92 Å². The van der Waals surface area contributed by atoms with Crippen LogP contribution in [0, 0.1) is 12.8 Å². The van der Waals surface area contributed by atoms with Gasteiger partial charge in [-0.3, -0.25) is 4.90 Å². The summed E-state index contributed by atoms with van der Waals surface area (Å²) in [6.45, 7) is 3.59. The molecule has 1 aliphatic carbocycles. The molecule has 3 atom stereocenters. The van der Waals surface area contributed by atoms with E-state index in [0.29, 0.717) is 5.92 Å². The van der Waals surface area contributed by atoms with Crippen LogP contribution in [-0.2, 0) is 19.7 Å². The summed E-state index contributed by atoms with van der Waals surface area (Å²) in [7, 11) is -3.92. The van der Waals surface area contributed by atoms with E-state index in [9.17, 15) is 8.42 Å². The van der Waals surface area contributed by atoms with Crippen molar-refractivity contribution in [3.63, 3.8) is 0 Å². The summed E-state index contributed by atoms with van der Waals surface area (Å²) in [6, 6.07) is 27.6. The molecule has 3 aromatic carbocycles. The van der Waals surface area contributed by atoms with Crippen molar-refractivity contribution >= 4 is 10.1 Å². The standard InChI is InChI=1S/C29H33NO3S/c1-23-15-17-27(18-16-23)34(31,32)33-28(24-10-4-2-5-11-24)30-21-9-20-29(19-8-14-26(29)22-30)25-12-6-3-7-13-25/h2-7,10-13,15-18,26,28H,8-9,14,19-22H2,1H3. The Kier molecular flexibility index (Phi) is 6.61. The summed E-state index contributed by atoms with van der Waals surface area (Å²) in [4.78, 5) is 2.47. The lowest BCUT2D eigenvalue weighted by Gasteiger charge is -2.37. The van der Waals surface area contributed by atoms with Gasteiger partial charge in [0.1, 0.15) is 0 Å². The lowest BCUT2D eigenvalue weighted by Crippen LogP contribution is -2.39. The van der Waals surface area contributed by atoms with Gasteiger partial charge < -0.3 is 0 Å².